The van der Waals surface area contributed by atoms with Crippen LogP contribution in [0.15, 0.2) is 48.5 Å². The van der Waals surface area contributed by atoms with E-state index in [1.807, 2.05) is 69.3 Å². The molecule has 0 radical (unpaired) electrons. The summed E-state index contributed by atoms with van der Waals surface area (Å²) in [5.41, 5.74) is 2.40. The summed E-state index contributed by atoms with van der Waals surface area (Å²) in [6.45, 7) is 6.10. The minimum atomic E-state index is -2.44. The zero-order valence-corrected chi connectivity index (χ0v) is 12.1. The van der Waals surface area contributed by atoms with Gasteiger partial charge in [-0.2, -0.15) is 0 Å². The van der Waals surface area contributed by atoms with Gasteiger partial charge in [-0.3, -0.25) is 0 Å². The molecule has 0 N–H and O–H groups in total. The Morgan fingerprint density at radius 2 is 1.11 bits per heavy atom. The zero-order chi connectivity index (χ0) is 13.2. The molecule has 0 fully saturated rings. The van der Waals surface area contributed by atoms with Crippen molar-refractivity contribution in [3.05, 3.63) is 59.7 Å². The van der Waals surface area contributed by atoms with E-state index in [4.69, 9.17) is 0 Å². The van der Waals surface area contributed by atoms with Gasteiger partial charge in [0, 0.05) is 16.8 Å². The molecule has 0 aromatic heterocycles. The molecular formula is C16H19OP. The second-order valence-electron chi connectivity index (χ2n) is 4.73. The molecule has 0 amide bonds. The van der Waals surface area contributed by atoms with Crippen molar-refractivity contribution in [3.63, 3.8) is 0 Å². The average Bonchev–Trinajstić information content (AvgIpc) is 2.39. The SMILES string of the molecule is CCP(=O)(c1ccc(C)cc1)c1ccc(C)cc1. The van der Waals surface area contributed by atoms with E-state index in [1.54, 1.807) is 0 Å². The fourth-order valence-electron chi connectivity index (χ4n) is 2.09. The topological polar surface area (TPSA) is 17.1 Å². The van der Waals surface area contributed by atoms with E-state index >= 15 is 0 Å². The van der Waals surface area contributed by atoms with E-state index in [2.05, 4.69) is 0 Å². The first-order valence-electron chi connectivity index (χ1n) is 6.30. The molecule has 0 heterocycles. The largest absolute Gasteiger partial charge is 0.314 e. The molecule has 0 aliphatic heterocycles. The predicted molar refractivity (Wildman–Crippen MR) is 79.8 cm³/mol. The maximum atomic E-state index is 13.2. The lowest BCUT2D eigenvalue weighted by Gasteiger charge is -2.17. The fraction of sp³-hybridized carbons (Fsp3) is 0.250. The molecule has 0 saturated carbocycles. The Hall–Kier alpha value is -1.33. The molecule has 18 heavy (non-hydrogen) atoms. The van der Waals surface area contributed by atoms with E-state index in [9.17, 15) is 4.57 Å². The summed E-state index contributed by atoms with van der Waals surface area (Å²) in [5.74, 6) is 0. The molecule has 1 nitrogen and oxygen atoms in total. The molecule has 2 heteroatoms. The van der Waals surface area contributed by atoms with Gasteiger partial charge in [-0.15, -0.1) is 0 Å². The number of aryl methyl sites for hydroxylation is 2. The monoisotopic (exact) mass is 258 g/mol. The van der Waals surface area contributed by atoms with Crippen LogP contribution in [-0.4, -0.2) is 6.16 Å². The van der Waals surface area contributed by atoms with Gasteiger partial charge < -0.3 is 4.57 Å². The first kappa shape index (κ1) is 13.1. The maximum Gasteiger partial charge on any atom is 0.142 e. The normalized spacial score (nSPS) is 11.5. The summed E-state index contributed by atoms with van der Waals surface area (Å²) in [5, 5.41) is 1.92. The average molecular weight is 258 g/mol. The van der Waals surface area contributed by atoms with E-state index in [0.717, 1.165) is 10.6 Å². The van der Waals surface area contributed by atoms with Crippen molar-refractivity contribution in [2.75, 3.05) is 6.16 Å². The van der Waals surface area contributed by atoms with Gasteiger partial charge in [-0.05, 0) is 13.8 Å². The van der Waals surface area contributed by atoms with Gasteiger partial charge in [0.05, 0.1) is 0 Å². The molecule has 0 unspecified atom stereocenters. The summed E-state index contributed by atoms with van der Waals surface area (Å²) in [6.07, 6.45) is 0.666. The van der Waals surface area contributed by atoms with Crippen molar-refractivity contribution in [2.45, 2.75) is 20.8 Å². The third-order valence-electron chi connectivity index (χ3n) is 3.35. The highest BCUT2D eigenvalue weighted by molar-refractivity contribution is 7.78. The van der Waals surface area contributed by atoms with Crippen LogP contribution in [0.4, 0.5) is 0 Å². The van der Waals surface area contributed by atoms with Crippen LogP contribution in [0.3, 0.4) is 0 Å². The van der Waals surface area contributed by atoms with Gasteiger partial charge in [-0.25, -0.2) is 0 Å². The van der Waals surface area contributed by atoms with Crippen molar-refractivity contribution in [2.24, 2.45) is 0 Å². The highest BCUT2D eigenvalue weighted by Crippen LogP contribution is 2.42. The molecule has 0 aliphatic carbocycles. The molecule has 2 rings (SSSR count). The van der Waals surface area contributed by atoms with Crippen LogP contribution in [0.1, 0.15) is 18.1 Å². The molecule has 2 aromatic carbocycles. The fourth-order valence-corrected chi connectivity index (χ4v) is 4.38. The number of hydrogen-bond donors (Lipinski definition) is 0. The summed E-state index contributed by atoms with van der Waals surface area (Å²) >= 11 is 0. The lowest BCUT2D eigenvalue weighted by Crippen LogP contribution is -2.17. The second-order valence-corrected chi connectivity index (χ2v) is 7.87. The van der Waals surface area contributed by atoms with Crippen molar-refractivity contribution in [1.82, 2.24) is 0 Å². The van der Waals surface area contributed by atoms with E-state index in [1.165, 1.54) is 11.1 Å². The van der Waals surface area contributed by atoms with Gasteiger partial charge in [0.15, 0.2) is 0 Å². The lowest BCUT2D eigenvalue weighted by atomic mass is 10.2. The van der Waals surface area contributed by atoms with Gasteiger partial charge >= 0.3 is 0 Å². The Kier molecular flexibility index (Phi) is 3.73. The third kappa shape index (κ3) is 2.42. The van der Waals surface area contributed by atoms with Crippen LogP contribution in [0.2, 0.25) is 0 Å². The summed E-state index contributed by atoms with van der Waals surface area (Å²) in [4.78, 5) is 0. The van der Waals surface area contributed by atoms with Crippen molar-refractivity contribution >= 4 is 17.8 Å². The lowest BCUT2D eigenvalue weighted by molar-refractivity contribution is 0.587. The first-order valence-corrected chi connectivity index (χ1v) is 8.19. The quantitative estimate of drug-likeness (QED) is 0.768. The molecule has 0 spiro atoms. The molecular weight excluding hydrogens is 239 g/mol. The van der Waals surface area contributed by atoms with Crippen molar-refractivity contribution < 1.29 is 4.57 Å². The number of rotatable bonds is 3. The van der Waals surface area contributed by atoms with Gasteiger partial charge in [-0.1, -0.05) is 66.6 Å². The Morgan fingerprint density at radius 1 is 0.778 bits per heavy atom. The van der Waals surface area contributed by atoms with Crippen LogP contribution in [0, 0.1) is 13.8 Å². The van der Waals surface area contributed by atoms with Crippen LogP contribution >= 0.6 is 7.14 Å². The molecule has 0 saturated heterocycles. The third-order valence-corrected chi connectivity index (χ3v) is 6.50. The van der Waals surface area contributed by atoms with E-state index < -0.39 is 7.14 Å². The Bertz CT molecular complexity index is 518. The van der Waals surface area contributed by atoms with E-state index in [-0.39, 0.29) is 0 Å². The van der Waals surface area contributed by atoms with Crippen LogP contribution in [-0.2, 0) is 4.57 Å². The Morgan fingerprint density at radius 3 is 1.39 bits per heavy atom. The molecule has 2 aromatic rings. The minimum Gasteiger partial charge on any atom is -0.314 e. The molecule has 0 aliphatic rings. The molecule has 0 atom stereocenters. The predicted octanol–water partition coefficient (Wildman–Crippen LogP) is 3.64. The standard InChI is InChI=1S/C16H19OP/c1-4-18(17,15-9-5-13(2)6-10-15)16-11-7-14(3)8-12-16/h5-12H,4H2,1-3H3. The van der Waals surface area contributed by atoms with Crippen molar-refractivity contribution in [1.29, 1.82) is 0 Å². The van der Waals surface area contributed by atoms with Crippen LogP contribution in [0.25, 0.3) is 0 Å². The smallest absolute Gasteiger partial charge is 0.142 e. The summed E-state index contributed by atoms with van der Waals surface area (Å²) < 4.78 is 13.2. The van der Waals surface area contributed by atoms with Gasteiger partial charge in [0.1, 0.15) is 7.14 Å². The van der Waals surface area contributed by atoms with Crippen LogP contribution in [0.5, 0.6) is 0 Å². The van der Waals surface area contributed by atoms with E-state index in [0.29, 0.717) is 6.16 Å². The molecule has 0 bridgehead atoms. The first-order chi connectivity index (χ1) is 8.56. The van der Waals surface area contributed by atoms with Crippen LogP contribution < -0.4 is 10.6 Å². The Labute approximate surface area is 109 Å². The minimum absolute atomic E-state index is 0.666. The Balaban J connectivity index is 2.51. The van der Waals surface area contributed by atoms with Gasteiger partial charge in [0.25, 0.3) is 0 Å². The highest BCUT2D eigenvalue weighted by atomic mass is 31.2. The number of benzene rings is 2. The second kappa shape index (κ2) is 5.12. The maximum absolute atomic E-state index is 13.2. The highest BCUT2D eigenvalue weighted by Gasteiger charge is 2.24. The number of hydrogen-bond acceptors (Lipinski definition) is 1. The molecule has 94 valence electrons. The van der Waals surface area contributed by atoms with Gasteiger partial charge in [0.2, 0.25) is 0 Å². The zero-order valence-electron chi connectivity index (χ0n) is 11.2. The summed E-state index contributed by atoms with van der Waals surface area (Å²) in [6, 6.07) is 16.1. The summed E-state index contributed by atoms with van der Waals surface area (Å²) in [7, 11) is -2.44. The van der Waals surface area contributed by atoms with Crippen molar-refractivity contribution in [3.8, 4) is 0 Å².